The summed E-state index contributed by atoms with van der Waals surface area (Å²) >= 11 is 0. The maximum atomic E-state index is 11.4. The molecule has 0 amide bonds. The van der Waals surface area contributed by atoms with Gasteiger partial charge in [-0.05, 0) is 0 Å². The molecule has 18 heavy (non-hydrogen) atoms. The minimum Gasteiger partial charge on any atom is -0.396 e. The molecule has 0 atom stereocenters. The van der Waals surface area contributed by atoms with Gasteiger partial charge in [-0.25, -0.2) is 21.6 Å². The number of sulfonamides is 1. The molecule has 1 aromatic heterocycles. The lowest BCUT2D eigenvalue weighted by Crippen LogP contribution is -2.32. The van der Waals surface area contributed by atoms with Crippen molar-refractivity contribution in [3.05, 3.63) is 12.4 Å². The number of rotatable bonds is 7. The van der Waals surface area contributed by atoms with E-state index in [-0.39, 0.29) is 6.54 Å². The summed E-state index contributed by atoms with van der Waals surface area (Å²) < 4.78 is 48.4. The average Bonchev–Trinajstić information content (AvgIpc) is 2.60. The predicted octanol–water partition coefficient (Wildman–Crippen LogP) is -1.57. The van der Waals surface area contributed by atoms with Gasteiger partial charge in [0.1, 0.15) is 9.84 Å². The van der Waals surface area contributed by atoms with E-state index in [0.29, 0.717) is 12.2 Å². The molecule has 0 fully saturated rings. The molecule has 0 saturated heterocycles. The zero-order valence-electron chi connectivity index (χ0n) is 9.90. The van der Waals surface area contributed by atoms with Gasteiger partial charge in [0.15, 0.2) is 0 Å². The molecule has 0 bridgehead atoms. The van der Waals surface area contributed by atoms with E-state index < -0.39 is 31.4 Å². The van der Waals surface area contributed by atoms with Crippen molar-refractivity contribution < 1.29 is 16.8 Å². The third kappa shape index (κ3) is 5.98. The molecule has 1 rings (SSSR count). The SMILES string of the molecule is CS(=O)(=O)CCS(=O)(=O)NCCn1cc(N)cn1. The predicted molar refractivity (Wildman–Crippen MR) is 68.1 cm³/mol. The normalized spacial score (nSPS) is 12.7. The molecule has 10 heteroatoms. The molecule has 8 nitrogen and oxygen atoms in total. The first-order valence-electron chi connectivity index (χ1n) is 5.11. The summed E-state index contributed by atoms with van der Waals surface area (Å²) in [5.74, 6) is -0.829. The Kier molecular flexibility index (Phi) is 4.71. The second-order valence-corrected chi connectivity index (χ2v) is 8.07. The van der Waals surface area contributed by atoms with Gasteiger partial charge in [-0.2, -0.15) is 5.10 Å². The fourth-order valence-corrected chi connectivity index (χ4v) is 3.79. The van der Waals surface area contributed by atoms with E-state index in [1.165, 1.54) is 10.9 Å². The highest BCUT2D eigenvalue weighted by atomic mass is 32.2. The van der Waals surface area contributed by atoms with E-state index in [4.69, 9.17) is 5.73 Å². The Balaban J connectivity index is 2.38. The molecular weight excluding hydrogens is 280 g/mol. The van der Waals surface area contributed by atoms with Crippen LogP contribution in [0.5, 0.6) is 0 Å². The topological polar surface area (TPSA) is 124 Å². The second kappa shape index (κ2) is 5.67. The standard InChI is InChI=1S/C8H16N4O4S2/c1-17(13,14)4-5-18(15,16)11-2-3-12-7-8(9)6-10-12/h6-7,11H,2-5,9H2,1H3. The van der Waals surface area contributed by atoms with Crippen LogP contribution in [0, 0.1) is 0 Å². The van der Waals surface area contributed by atoms with E-state index in [1.807, 2.05) is 0 Å². The van der Waals surface area contributed by atoms with Gasteiger partial charge in [0.2, 0.25) is 10.0 Å². The number of nitrogens with two attached hydrogens (primary N) is 1. The Hall–Kier alpha value is -1.13. The number of hydrogen-bond acceptors (Lipinski definition) is 6. The molecule has 1 heterocycles. The summed E-state index contributed by atoms with van der Waals surface area (Å²) in [5.41, 5.74) is 5.94. The van der Waals surface area contributed by atoms with Crippen LogP contribution in [-0.2, 0) is 26.4 Å². The number of aromatic nitrogens is 2. The van der Waals surface area contributed by atoms with Crippen LogP contribution in [0.4, 0.5) is 5.69 Å². The van der Waals surface area contributed by atoms with Crippen molar-refractivity contribution in [2.24, 2.45) is 0 Å². The van der Waals surface area contributed by atoms with Crippen molar-refractivity contribution in [2.75, 3.05) is 30.0 Å². The third-order valence-corrected chi connectivity index (χ3v) is 4.63. The average molecular weight is 296 g/mol. The number of hydrogen-bond donors (Lipinski definition) is 2. The van der Waals surface area contributed by atoms with Gasteiger partial charge in [0, 0.05) is 19.0 Å². The van der Waals surface area contributed by atoms with Crippen LogP contribution in [0.2, 0.25) is 0 Å². The van der Waals surface area contributed by atoms with Gasteiger partial charge in [-0.3, -0.25) is 4.68 Å². The Labute approximate surface area is 106 Å². The number of sulfone groups is 1. The van der Waals surface area contributed by atoms with E-state index in [9.17, 15) is 16.8 Å². The van der Waals surface area contributed by atoms with Crippen LogP contribution < -0.4 is 10.5 Å². The highest BCUT2D eigenvalue weighted by Gasteiger charge is 2.13. The molecule has 0 aliphatic carbocycles. The number of nitrogens with zero attached hydrogens (tertiary/aromatic N) is 2. The lowest BCUT2D eigenvalue weighted by Gasteiger charge is -2.06. The van der Waals surface area contributed by atoms with Crippen molar-refractivity contribution in [1.82, 2.24) is 14.5 Å². The monoisotopic (exact) mass is 296 g/mol. The first-order chi connectivity index (χ1) is 8.18. The Morgan fingerprint density at radius 3 is 2.50 bits per heavy atom. The highest BCUT2D eigenvalue weighted by Crippen LogP contribution is 1.97. The van der Waals surface area contributed by atoms with Gasteiger partial charge in [-0.15, -0.1) is 0 Å². The second-order valence-electron chi connectivity index (χ2n) is 3.88. The van der Waals surface area contributed by atoms with Crippen molar-refractivity contribution in [3.63, 3.8) is 0 Å². The molecule has 0 aromatic carbocycles. The van der Waals surface area contributed by atoms with E-state index in [1.54, 1.807) is 6.20 Å². The summed E-state index contributed by atoms with van der Waals surface area (Å²) in [6.07, 6.45) is 4.03. The van der Waals surface area contributed by atoms with Crippen LogP contribution in [0.1, 0.15) is 0 Å². The van der Waals surface area contributed by atoms with Crippen molar-refractivity contribution in [2.45, 2.75) is 6.54 Å². The summed E-state index contributed by atoms with van der Waals surface area (Å²) in [7, 11) is -6.86. The molecular formula is C8H16N4O4S2. The largest absolute Gasteiger partial charge is 0.396 e. The molecule has 1 aromatic rings. The Morgan fingerprint density at radius 2 is 2.00 bits per heavy atom. The van der Waals surface area contributed by atoms with Crippen LogP contribution >= 0.6 is 0 Å². The maximum absolute atomic E-state index is 11.4. The van der Waals surface area contributed by atoms with Crippen molar-refractivity contribution in [1.29, 1.82) is 0 Å². The Bertz CT molecular complexity index is 590. The smallest absolute Gasteiger partial charge is 0.212 e. The molecule has 0 aliphatic heterocycles. The van der Waals surface area contributed by atoms with Crippen LogP contribution in [-0.4, -0.2) is 50.9 Å². The zero-order chi connectivity index (χ0) is 13.8. The Morgan fingerprint density at radius 1 is 1.33 bits per heavy atom. The molecule has 104 valence electrons. The summed E-state index contributed by atoms with van der Waals surface area (Å²) in [5, 5.41) is 3.88. The van der Waals surface area contributed by atoms with Crippen LogP contribution in [0.25, 0.3) is 0 Å². The number of anilines is 1. The van der Waals surface area contributed by atoms with Gasteiger partial charge in [0.05, 0.1) is 29.9 Å². The molecule has 0 saturated carbocycles. The number of nitrogens with one attached hydrogen (secondary N) is 1. The van der Waals surface area contributed by atoms with E-state index in [2.05, 4.69) is 9.82 Å². The molecule has 0 radical (unpaired) electrons. The lowest BCUT2D eigenvalue weighted by atomic mass is 10.6. The van der Waals surface area contributed by atoms with E-state index in [0.717, 1.165) is 6.26 Å². The fourth-order valence-electron chi connectivity index (χ4n) is 1.15. The minimum absolute atomic E-state index is 0.132. The molecule has 3 N–H and O–H groups in total. The van der Waals surface area contributed by atoms with Crippen LogP contribution in [0.15, 0.2) is 12.4 Å². The summed E-state index contributed by atoms with van der Waals surface area (Å²) in [6.45, 7) is 0.461. The molecule has 0 aliphatic rings. The fraction of sp³-hybridized carbons (Fsp3) is 0.625. The summed E-state index contributed by atoms with van der Waals surface area (Å²) in [4.78, 5) is 0. The van der Waals surface area contributed by atoms with Gasteiger partial charge >= 0.3 is 0 Å². The lowest BCUT2D eigenvalue weighted by molar-refractivity contribution is 0.560. The minimum atomic E-state index is -3.58. The van der Waals surface area contributed by atoms with Crippen molar-refractivity contribution >= 4 is 25.5 Å². The van der Waals surface area contributed by atoms with Gasteiger partial charge < -0.3 is 5.73 Å². The first-order valence-corrected chi connectivity index (χ1v) is 8.82. The number of nitrogen functional groups attached to an aromatic ring is 1. The zero-order valence-corrected chi connectivity index (χ0v) is 11.5. The first kappa shape index (κ1) is 14.9. The van der Waals surface area contributed by atoms with Crippen molar-refractivity contribution in [3.8, 4) is 0 Å². The third-order valence-electron chi connectivity index (χ3n) is 2.04. The van der Waals surface area contributed by atoms with Crippen LogP contribution in [0.3, 0.4) is 0 Å². The molecule has 0 unspecified atom stereocenters. The highest BCUT2D eigenvalue weighted by molar-refractivity contribution is 7.93. The maximum Gasteiger partial charge on any atom is 0.212 e. The van der Waals surface area contributed by atoms with Gasteiger partial charge in [-0.1, -0.05) is 0 Å². The van der Waals surface area contributed by atoms with Gasteiger partial charge in [0.25, 0.3) is 0 Å². The molecule has 0 spiro atoms. The summed E-state index contributed by atoms with van der Waals surface area (Å²) in [6, 6.07) is 0. The quantitative estimate of drug-likeness (QED) is 0.626. The van der Waals surface area contributed by atoms with E-state index >= 15 is 0 Å².